The van der Waals surface area contributed by atoms with Crippen LogP contribution < -0.4 is 5.32 Å². The van der Waals surface area contributed by atoms with Crippen molar-refractivity contribution in [3.05, 3.63) is 46.2 Å². The Morgan fingerprint density at radius 2 is 2.23 bits per heavy atom. The summed E-state index contributed by atoms with van der Waals surface area (Å²) in [5, 5.41) is 31.2. The molecule has 0 aromatic heterocycles. The first-order valence-corrected chi connectivity index (χ1v) is 6.55. The average Bonchev–Trinajstić information content (AvgIpc) is 2.51. The Balaban J connectivity index is 2.98. The number of nitro groups is 1. The SMILES string of the molecule is CCN(/C=C(/C#N)C(=O)Nc1ccccc1[N+](=O)[O-])CCO. The Bertz CT molecular complexity index is 622. The van der Waals surface area contributed by atoms with Crippen LogP contribution in [-0.2, 0) is 4.79 Å². The van der Waals surface area contributed by atoms with E-state index in [0.717, 1.165) is 0 Å². The van der Waals surface area contributed by atoms with Gasteiger partial charge in [0.2, 0.25) is 0 Å². The highest BCUT2D eigenvalue weighted by Crippen LogP contribution is 2.23. The molecule has 1 rings (SSSR count). The summed E-state index contributed by atoms with van der Waals surface area (Å²) in [6.07, 6.45) is 1.32. The first kappa shape index (κ1) is 17.1. The normalized spacial score (nSPS) is 10.7. The highest BCUT2D eigenvalue weighted by Gasteiger charge is 2.17. The fourth-order valence-corrected chi connectivity index (χ4v) is 1.69. The topological polar surface area (TPSA) is 120 Å². The molecule has 1 aromatic rings. The Kier molecular flexibility index (Phi) is 6.53. The Morgan fingerprint density at radius 1 is 1.55 bits per heavy atom. The Hall–Kier alpha value is -2.92. The van der Waals surface area contributed by atoms with E-state index < -0.39 is 10.8 Å². The number of likely N-dealkylation sites (N-methyl/N-ethyl adjacent to an activating group) is 1. The van der Waals surface area contributed by atoms with Gasteiger partial charge in [0.15, 0.2) is 0 Å². The van der Waals surface area contributed by atoms with E-state index in [-0.39, 0.29) is 30.1 Å². The molecule has 0 heterocycles. The molecule has 0 spiro atoms. The van der Waals surface area contributed by atoms with Crippen molar-refractivity contribution in [3.8, 4) is 6.07 Å². The van der Waals surface area contributed by atoms with Gasteiger partial charge in [-0.25, -0.2) is 0 Å². The van der Waals surface area contributed by atoms with Gasteiger partial charge in [0.05, 0.1) is 11.5 Å². The summed E-state index contributed by atoms with van der Waals surface area (Å²) in [5.41, 5.74) is -0.437. The van der Waals surface area contributed by atoms with Crippen LogP contribution in [0.1, 0.15) is 6.92 Å². The second-order valence-corrected chi connectivity index (χ2v) is 4.24. The third-order valence-electron chi connectivity index (χ3n) is 2.82. The molecule has 2 N–H and O–H groups in total. The number of nitriles is 1. The number of carbonyl (C=O) groups is 1. The van der Waals surface area contributed by atoms with Gasteiger partial charge in [0.1, 0.15) is 17.3 Å². The Labute approximate surface area is 127 Å². The average molecular weight is 304 g/mol. The standard InChI is InChI=1S/C14H16N4O4/c1-2-17(7-8-19)10-11(9-15)14(20)16-12-5-3-4-6-13(12)18(21)22/h3-6,10,19H,2,7-8H2,1H3,(H,16,20)/b11-10-. The highest BCUT2D eigenvalue weighted by molar-refractivity contribution is 6.07. The van der Waals surface area contributed by atoms with E-state index in [2.05, 4.69) is 5.32 Å². The first-order valence-electron chi connectivity index (χ1n) is 6.55. The maximum Gasteiger partial charge on any atom is 0.292 e. The lowest BCUT2D eigenvalue weighted by molar-refractivity contribution is -0.383. The molecule has 1 amide bonds. The number of carbonyl (C=O) groups excluding carboxylic acids is 1. The predicted octanol–water partition coefficient (Wildman–Crippen LogP) is 1.25. The molecule has 0 bridgehead atoms. The van der Waals surface area contributed by atoms with Gasteiger partial charge < -0.3 is 15.3 Å². The third kappa shape index (κ3) is 4.57. The number of nitrogens with zero attached hydrogens (tertiary/aromatic N) is 3. The summed E-state index contributed by atoms with van der Waals surface area (Å²) in [7, 11) is 0. The quantitative estimate of drug-likeness (QED) is 0.338. The van der Waals surface area contributed by atoms with Crippen LogP contribution in [0.5, 0.6) is 0 Å². The minimum absolute atomic E-state index is 0.0175. The van der Waals surface area contributed by atoms with Gasteiger partial charge in [-0.3, -0.25) is 14.9 Å². The molecule has 0 saturated carbocycles. The van der Waals surface area contributed by atoms with Crippen LogP contribution in [0.15, 0.2) is 36.0 Å². The van der Waals surface area contributed by atoms with Crippen LogP contribution in [0.4, 0.5) is 11.4 Å². The molecule has 0 radical (unpaired) electrons. The van der Waals surface area contributed by atoms with Crippen molar-refractivity contribution >= 4 is 17.3 Å². The van der Waals surface area contributed by atoms with E-state index in [1.54, 1.807) is 24.0 Å². The van der Waals surface area contributed by atoms with Gasteiger partial charge in [-0.05, 0) is 13.0 Å². The number of aliphatic hydroxyl groups is 1. The third-order valence-corrected chi connectivity index (χ3v) is 2.82. The van der Waals surface area contributed by atoms with Gasteiger partial charge in [-0.15, -0.1) is 0 Å². The van der Waals surface area contributed by atoms with E-state index in [4.69, 9.17) is 10.4 Å². The number of para-hydroxylation sites is 2. The lowest BCUT2D eigenvalue weighted by Crippen LogP contribution is -2.24. The van der Waals surface area contributed by atoms with Crippen LogP contribution >= 0.6 is 0 Å². The first-order chi connectivity index (χ1) is 10.5. The van der Waals surface area contributed by atoms with Gasteiger partial charge in [-0.1, -0.05) is 12.1 Å². The molecule has 8 nitrogen and oxygen atoms in total. The van der Waals surface area contributed by atoms with Crippen molar-refractivity contribution in [2.45, 2.75) is 6.92 Å². The van der Waals surface area contributed by atoms with Crippen LogP contribution in [0.25, 0.3) is 0 Å². The van der Waals surface area contributed by atoms with Crippen molar-refractivity contribution in [3.63, 3.8) is 0 Å². The zero-order chi connectivity index (χ0) is 16.5. The minimum atomic E-state index is -0.742. The molecular formula is C14H16N4O4. The lowest BCUT2D eigenvalue weighted by Gasteiger charge is -2.17. The van der Waals surface area contributed by atoms with Crippen molar-refractivity contribution in [1.82, 2.24) is 4.90 Å². The summed E-state index contributed by atoms with van der Waals surface area (Å²) in [5.74, 6) is -0.742. The minimum Gasteiger partial charge on any atom is -0.395 e. The molecule has 0 aliphatic carbocycles. The van der Waals surface area contributed by atoms with Crippen LogP contribution in [0, 0.1) is 21.4 Å². The monoisotopic (exact) mass is 304 g/mol. The summed E-state index contributed by atoms with van der Waals surface area (Å²) in [4.78, 5) is 23.9. The summed E-state index contributed by atoms with van der Waals surface area (Å²) in [6, 6.07) is 7.42. The molecule has 0 atom stereocenters. The highest BCUT2D eigenvalue weighted by atomic mass is 16.6. The molecule has 0 aliphatic rings. The number of rotatable bonds is 7. The molecule has 1 aromatic carbocycles. The van der Waals surface area contributed by atoms with Crippen LogP contribution in [-0.4, -0.2) is 40.5 Å². The number of aliphatic hydroxyl groups excluding tert-OH is 1. The molecule has 116 valence electrons. The van der Waals surface area contributed by atoms with Gasteiger partial charge in [-0.2, -0.15) is 5.26 Å². The second-order valence-electron chi connectivity index (χ2n) is 4.24. The molecule has 0 fully saturated rings. The maximum atomic E-state index is 12.1. The predicted molar refractivity (Wildman–Crippen MR) is 79.8 cm³/mol. The molecule has 22 heavy (non-hydrogen) atoms. The fraction of sp³-hybridized carbons (Fsp3) is 0.286. The molecule has 0 saturated heterocycles. The molecule has 8 heteroatoms. The largest absolute Gasteiger partial charge is 0.395 e. The fourth-order valence-electron chi connectivity index (χ4n) is 1.69. The van der Waals surface area contributed by atoms with E-state index in [0.29, 0.717) is 6.54 Å². The number of benzene rings is 1. The summed E-state index contributed by atoms with van der Waals surface area (Å²) >= 11 is 0. The van der Waals surface area contributed by atoms with Crippen molar-refractivity contribution in [2.75, 3.05) is 25.0 Å². The van der Waals surface area contributed by atoms with E-state index in [1.165, 1.54) is 24.4 Å². The molecule has 0 unspecified atom stereocenters. The van der Waals surface area contributed by atoms with Crippen LogP contribution in [0.3, 0.4) is 0 Å². The zero-order valence-corrected chi connectivity index (χ0v) is 12.0. The van der Waals surface area contributed by atoms with E-state index in [9.17, 15) is 14.9 Å². The van der Waals surface area contributed by atoms with Crippen molar-refractivity contribution in [1.29, 1.82) is 5.26 Å². The van der Waals surface area contributed by atoms with Gasteiger partial charge >= 0.3 is 0 Å². The molecule has 0 aliphatic heterocycles. The van der Waals surface area contributed by atoms with Crippen molar-refractivity contribution in [2.24, 2.45) is 0 Å². The number of amides is 1. The van der Waals surface area contributed by atoms with E-state index in [1.807, 2.05) is 0 Å². The second kappa shape index (κ2) is 8.39. The number of nitro benzene ring substituents is 1. The van der Waals surface area contributed by atoms with Crippen LogP contribution in [0.2, 0.25) is 0 Å². The smallest absolute Gasteiger partial charge is 0.292 e. The molecular weight excluding hydrogens is 288 g/mol. The lowest BCUT2D eigenvalue weighted by atomic mass is 10.2. The van der Waals surface area contributed by atoms with Gasteiger partial charge in [0, 0.05) is 25.4 Å². The maximum absolute atomic E-state index is 12.1. The number of nitrogens with one attached hydrogen (secondary N) is 1. The number of hydrogen-bond donors (Lipinski definition) is 2. The Morgan fingerprint density at radius 3 is 2.77 bits per heavy atom. The summed E-state index contributed by atoms with van der Waals surface area (Å²) in [6.45, 7) is 2.47. The summed E-state index contributed by atoms with van der Waals surface area (Å²) < 4.78 is 0. The zero-order valence-electron chi connectivity index (χ0n) is 12.0. The number of hydrogen-bond acceptors (Lipinski definition) is 6. The van der Waals surface area contributed by atoms with Gasteiger partial charge in [0.25, 0.3) is 11.6 Å². The number of anilines is 1. The van der Waals surface area contributed by atoms with Crippen molar-refractivity contribution < 1.29 is 14.8 Å². The van der Waals surface area contributed by atoms with E-state index >= 15 is 0 Å².